The molecule has 0 unspecified atom stereocenters. The van der Waals surface area contributed by atoms with E-state index in [-0.39, 0.29) is 18.2 Å². The molecule has 1 rings (SSSR count). The zero-order valence-electron chi connectivity index (χ0n) is 8.69. The predicted octanol–water partition coefficient (Wildman–Crippen LogP) is 2.10. The predicted molar refractivity (Wildman–Crippen MR) is 63.8 cm³/mol. The van der Waals surface area contributed by atoms with Crippen molar-refractivity contribution >= 4 is 12.4 Å². The Morgan fingerprint density at radius 2 is 2.27 bits per heavy atom. The van der Waals surface area contributed by atoms with E-state index in [1.54, 1.807) is 18.2 Å². The first kappa shape index (κ1) is 13.8. The summed E-state index contributed by atoms with van der Waals surface area (Å²) in [7, 11) is 1.53. The van der Waals surface area contributed by atoms with Gasteiger partial charge >= 0.3 is 0 Å². The second kappa shape index (κ2) is 7.15. The van der Waals surface area contributed by atoms with E-state index in [1.807, 2.05) is 6.07 Å². The number of benzene rings is 1. The third-order valence-corrected chi connectivity index (χ3v) is 1.86. The summed E-state index contributed by atoms with van der Waals surface area (Å²) >= 11 is 0. The summed E-state index contributed by atoms with van der Waals surface area (Å²) in [6.07, 6.45) is 1.80. The summed E-state index contributed by atoms with van der Waals surface area (Å²) in [5.41, 5.74) is 1.02. The Hall–Kier alpha value is -1.19. The lowest BCUT2D eigenvalue weighted by Crippen LogP contribution is -2.12. The lowest BCUT2D eigenvalue weighted by atomic mass is 10.2. The molecule has 0 heterocycles. The Kier molecular flexibility index (Phi) is 6.58. The Labute approximate surface area is 96.2 Å². The molecule has 15 heavy (non-hydrogen) atoms. The molecule has 1 aromatic carbocycles. The van der Waals surface area contributed by atoms with Crippen LogP contribution in [0, 0.1) is 0 Å². The molecule has 0 aromatic heterocycles. The molecule has 0 saturated heterocycles. The second-order valence-electron chi connectivity index (χ2n) is 2.93. The van der Waals surface area contributed by atoms with Gasteiger partial charge in [-0.15, -0.1) is 19.0 Å². The molecule has 0 radical (unpaired) electrons. The van der Waals surface area contributed by atoms with Gasteiger partial charge in [0.1, 0.15) is 0 Å². The number of phenols is 1. The van der Waals surface area contributed by atoms with Crippen LogP contribution in [0.2, 0.25) is 0 Å². The highest BCUT2D eigenvalue weighted by Crippen LogP contribution is 2.25. The summed E-state index contributed by atoms with van der Waals surface area (Å²) in [5, 5.41) is 12.6. The zero-order chi connectivity index (χ0) is 10.4. The first-order valence-electron chi connectivity index (χ1n) is 4.45. The molecule has 0 aliphatic carbocycles. The highest BCUT2D eigenvalue weighted by atomic mass is 35.5. The summed E-state index contributed by atoms with van der Waals surface area (Å²) in [6.45, 7) is 5.07. The van der Waals surface area contributed by atoms with Crippen molar-refractivity contribution in [3.05, 3.63) is 36.4 Å². The highest BCUT2D eigenvalue weighted by Gasteiger charge is 2.01. The van der Waals surface area contributed by atoms with Crippen molar-refractivity contribution in [3.63, 3.8) is 0 Å². The zero-order valence-corrected chi connectivity index (χ0v) is 9.51. The minimum Gasteiger partial charge on any atom is -0.504 e. The average Bonchev–Trinajstić information content (AvgIpc) is 2.18. The van der Waals surface area contributed by atoms with Gasteiger partial charge in [-0.3, -0.25) is 0 Å². The third-order valence-electron chi connectivity index (χ3n) is 1.86. The summed E-state index contributed by atoms with van der Waals surface area (Å²) in [6, 6.07) is 5.35. The van der Waals surface area contributed by atoms with Gasteiger partial charge in [0.05, 0.1) is 7.11 Å². The minimum absolute atomic E-state index is 0. The van der Waals surface area contributed by atoms with Crippen LogP contribution in [0.1, 0.15) is 5.56 Å². The maximum absolute atomic E-state index is 9.47. The Balaban J connectivity index is 0.00000196. The fourth-order valence-electron chi connectivity index (χ4n) is 1.16. The number of aromatic hydroxyl groups is 1. The van der Waals surface area contributed by atoms with Gasteiger partial charge in [-0.2, -0.15) is 0 Å². The van der Waals surface area contributed by atoms with Crippen molar-refractivity contribution in [2.45, 2.75) is 6.54 Å². The molecule has 2 N–H and O–H groups in total. The van der Waals surface area contributed by atoms with Crippen LogP contribution in [-0.4, -0.2) is 18.8 Å². The van der Waals surface area contributed by atoms with Crippen LogP contribution < -0.4 is 10.1 Å². The molecule has 0 aliphatic heterocycles. The largest absolute Gasteiger partial charge is 0.504 e. The molecule has 84 valence electrons. The maximum Gasteiger partial charge on any atom is 0.160 e. The molecule has 4 heteroatoms. The van der Waals surface area contributed by atoms with Crippen LogP contribution in [-0.2, 0) is 6.54 Å². The van der Waals surface area contributed by atoms with Gasteiger partial charge in [-0.25, -0.2) is 0 Å². The van der Waals surface area contributed by atoms with E-state index < -0.39 is 0 Å². The van der Waals surface area contributed by atoms with E-state index >= 15 is 0 Å². The fourth-order valence-corrected chi connectivity index (χ4v) is 1.16. The van der Waals surface area contributed by atoms with Gasteiger partial charge in [0.2, 0.25) is 0 Å². The number of halogens is 1. The molecule has 0 spiro atoms. The molecule has 0 fully saturated rings. The SMILES string of the molecule is C=CCNCc1ccc(OC)c(O)c1.Cl. The fraction of sp³-hybridized carbons (Fsp3) is 0.273. The van der Waals surface area contributed by atoms with Crippen molar-refractivity contribution in [3.8, 4) is 11.5 Å². The Morgan fingerprint density at radius 3 is 2.80 bits per heavy atom. The molecule has 3 nitrogen and oxygen atoms in total. The number of hydrogen-bond acceptors (Lipinski definition) is 3. The van der Waals surface area contributed by atoms with Crippen LogP contribution in [0.15, 0.2) is 30.9 Å². The van der Waals surface area contributed by atoms with Crippen molar-refractivity contribution in [2.24, 2.45) is 0 Å². The molecule has 1 aromatic rings. The Bertz CT molecular complexity index is 315. The number of phenolic OH excluding ortho intramolecular Hbond substituents is 1. The van der Waals surface area contributed by atoms with Crippen LogP contribution in [0.5, 0.6) is 11.5 Å². The van der Waals surface area contributed by atoms with Crippen LogP contribution in [0.4, 0.5) is 0 Å². The number of methoxy groups -OCH3 is 1. The third kappa shape index (κ3) is 4.23. The first-order valence-corrected chi connectivity index (χ1v) is 4.45. The average molecular weight is 230 g/mol. The monoisotopic (exact) mass is 229 g/mol. The molecule has 0 aliphatic rings. The number of nitrogens with one attached hydrogen (secondary N) is 1. The van der Waals surface area contributed by atoms with Gasteiger partial charge in [-0.05, 0) is 17.7 Å². The first-order chi connectivity index (χ1) is 6.77. The molecule has 0 atom stereocenters. The summed E-state index contributed by atoms with van der Waals surface area (Å²) in [5.74, 6) is 0.669. The van der Waals surface area contributed by atoms with E-state index in [0.717, 1.165) is 12.1 Å². The molecule has 0 bridgehead atoms. The van der Waals surface area contributed by atoms with Gasteiger partial charge in [0.15, 0.2) is 11.5 Å². The van der Waals surface area contributed by atoms with Crippen molar-refractivity contribution in [1.82, 2.24) is 5.32 Å². The lowest BCUT2D eigenvalue weighted by Gasteiger charge is -2.06. The minimum atomic E-state index is 0. The Morgan fingerprint density at radius 1 is 1.53 bits per heavy atom. The van der Waals surface area contributed by atoms with Gasteiger partial charge in [0, 0.05) is 13.1 Å². The summed E-state index contributed by atoms with van der Waals surface area (Å²) < 4.78 is 4.94. The van der Waals surface area contributed by atoms with Crippen LogP contribution in [0.25, 0.3) is 0 Å². The van der Waals surface area contributed by atoms with Crippen molar-refractivity contribution in [2.75, 3.05) is 13.7 Å². The van der Waals surface area contributed by atoms with Crippen LogP contribution >= 0.6 is 12.4 Å². The molecule has 0 saturated carbocycles. The van der Waals surface area contributed by atoms with E-state index in [9.17, 15) is 5.11 Å². The van der Waals surface area contributed by atoms with Crippen molar-refractivity contribution < 1.29 is 9.84 Å². The molecular formula is C11H16ClNO2. The van der Waals surface area contributed by atoms with Crippen molar-refractivity contribution in [1.29, 1.82) is 0 Å². The van der Waals surface area contributed by atoms with Gasteiger partial charge < -0.3 is 15.2 Å². The lowest BCUT2D eigenvalue weighted by molar-refractivity contribution is 0.373. The standard InChI is InChI=1S/C11H15NO2.ClH/c1-3-6-12-8-9-4-5-11(14-2)10(13)7-9;/h3-5,7,12-13H,1,6,8H2,2H3;1H. The van der Waals surface area contributed by atoms with E-state index in [1.165, 1.54) is 7.11 Å². The normalized spacial score (nSPS) is 9.13. The topological polar surface area (TPSA) is 41.5 Å². The molecular weight excluding hydrogens is 214 g/mol. The van der Waals surface area contributed by atoms with E-state index in [0.29, 0.717) is 12.3 Å². The van der Waals surface area contributed by atoms with Gasteiger partial charge in [-0.1, -0.05) is 12.1 Å². The smallest absolute Gasteiger partial charge is 0.160 e. The second-order valence-corrected chi connectivity index (χ2v) is 2.93. The number of rotatable bonds is 5. The van der Waals surface area contributed by atoms with Crippen LogP contribution in [0.3, 0.4) is 0 Å². The quantitative estimate of drug-likeness (QED) is 0.600. The van der Waals surface area contributed by atoms with Gasteiger partial charge in [0.25, 0.3) is 0 Å². The number of ether oxygens (including phenoxy) is 1. The molecule has 0 amide bonds. The number of hydrogen-bond donors (Lipinski definition) is 2. The van der Waals surface area contributed by atoms with E-state index in [4.69, 9.17) is 4.74 Å². The maximum atomic E-state index is 9.47. The summed E-state index contributed by atoms with van der Waals surface area (Å²) in [4.78, 5) is 0. The highest BCUT2D eigenvalue weighted by molar-refractivity contribution is 5.85. The van der Waals surface area contributed by atoms with E-state index in [2.05, 4.69) is 11.9 Å².